The molecule has 0 bridgehead atoms. The van der Waals surface area contributed by atoms with Crippen LogP contribution in [0, 0.1) is 10.7 Å². The van der Waals surface area contributed by atoms with E-state index in [1.54, 1.807) is 30.3 Å². The molecule has 92 valence electrons. The molecular weight excluding hydrogens is 238 g/mol. The number of nitroso groups, excluding NO2 is 1. The highest BCUT2D eigenvalue weighted by atomic mass is 19.1. The van der Waals surface area contributed by atoms with Crippen molar-refractivity contribution in [3.8, 4) is 0 Å². The lowest BCUT2D eigenvalue weighted by atomic mass is 9.98. The van der Waals surface area contributed by atoms with Gasteiger partial charge in [-0.05, 0) is 11.6 Å². The summed E-state index contributed by atoms with van der Waals surface area (Å²) in [6, 6.07) is 8.00. The predicted molar refractivity (Wildman–Crippen MR) is 63.0 cm³/mol. The molecule has 2 rings (SSSR count). The standard InChI is InChI=1S/C13H10F2N2O/c14-11-6-7-16-8-10(11)12(15)13(17-18)9-4-2-1-3-5-9/h1-8,12-13H. The van der Waals surface area contributed by atoms with Gasteiger partial charge in [0, 0.05) is 18.0 Å². The van der Waals surface area contributed by atoms with Crippen LogP contribution in [0.4, 0.5) is 8.78 Å². The normalized spacial score (nSPS) is 13.9. The Morgan fingerprint density at radius 3 is 2.50 bits per heavy atom. The first-order valence-corrected chi connectivity index (χ1v) is 5.35. The van der Waals surface area contributed by atoms with Crippen molar-refractivity contribution in [1.29, 1.82) is 0 Å². The Balaban J connectivity index is 2.35. The monoisotopic (exact) mass is 248 g/mol. The van der Waals surface area contributed by atoms with Gasteiger partial charge in [0.25, 0.3) is 0 Å². The third-order valence-electron chi connectivity index (χ3n) is 2.63. The molecule has 0 radical (unpaired) electrons. The molecule has 2 unspecified atom stereocenters. The Hall–Kier alpha value is -2.17. The summed E-state index contributed by atoms with van der Waals surface area (Å²) >= 11 is 0. The number of nitrogens with zero attached hydrogens (tertiary/aromatic N) is 2. The summed E-state index contributed by atoms with van der Waals surface area (Å²) in [5.41, 5.74) is 0.147. The van der Waals surface area contributed by atoms with E-state index < -0.39 is 18.0 Å². The zero-order valence-electron chi connectivity index (χ0n) is 9.33. The highest BCUT2D eigenvalue weighted by molar-refractivity contribution is 5.25. The van der Waals surface area contributed by atoms with Crippen LogP contribution in [0.25, 0.3) is 0 Å². The summed E-state index contributed by atoms with van der Waals surface area (Å²) in [6.07, 6.45) is 0.442. The number of hydrogen-bond donors (Lipinski definition) is 0. The molecule has 0 spiro atoms. The molecule has 0 amide bonds. The minimum Gasteiger partial charge on any atom is -0.264 e. The van der Waals surface area contributed by atoms with Gasteiger partial charge in [0.05, 0.1) is 0 Å². The van der Waals surface area contributed by atoms with Crippen molar-refractivity contribution in [3.63, 3.8) is 0 Å². The van der Waals surface area contributed by atoms with E-state index in [2.05, 4.69) is 10.2 Å². The first-order valence-electron chi connectivity index (χ1n) is 5.35. The van der Waals surface area contributed by atoms with Crippen LogP contribution in [0.15, 0.2) is 54.0 Å². The molecule has 0 fully saturated rings. The Morgan fingerprint density at radius 2 is 1.89 bits per heavy atom. The highest BCUT2D eigenvalue weighted by Crippen LogP contribution is 2.35. The zero-order valence-corrected chi connectivity index (χ0v) is 9.33. The van der Waals surface area contributed by atoms with Gasteiger partial charge in [-0.2, -0.15) is 4.91 Å². The molecule has 0 aliphatic rings. The van der Waals surface area contributed by atoms with Gasteiger partial charge in [0.15, 0.2) is 12.2 Å². The van der Waals surface area contributed by atoms with Crippen LogP contribution in [0.5, 0.6) is 0 Å². The Bertz CT molecular complexity index is 534. The number of halogens is 2. The Kier molecular flexibility index (Phi) is 3.72. The van der Waals surface area contributed by atoms with Crippen LogP contribution in [0.2, 0.25) is 0 Å². The zero-order chi connectivity index (χ0) is 13.0. The molecule has 0 N–H and O–H groups in total. The lowest BCUT2D eigenvalue weighted by Crippen LogP contribution is -2.07. The van der Waals surface area contributed by atoms with Gasteiger partial charge in [-0.1, -0.05) is 35.5 Å². The van der Waals surface area contributed by atoms with Crippen molar-refractivity contribution >= 4 is 0 Å². The summed E-state index contributed by atoms with van der Waals surface area (Å²) < 4.78 is 27.6. The third-order valence-corrected chi connectivity index (χ3v) is 2.63. The highest BCUT2D eigenvalue weighted by Gasteiger charge is 2.28. The molecule has 0 saturated heterocycles. The van der Waals surface area contributed by atoms with Crippen molar-refractivity contribution in [2.24, 2.45) is 5.18 Å². The fraction of sp³-hybridized carbons (Fsp3) is 0.154. The second-order valence-electron chi connectivity index (χ2n) is 3.76. The van der Waals surface area contributed by atoms with Gasteiger partial charge in [0.2, 0.25) is 0 Å². The number of aromatic nitrogens is 1. The van der Waals surface area contributed by atoms with Gasteiger partial charge in [-0.25, -0.2) is 8.78 Å². The van der Waals surface area contributed by atoms with Gasteiger partial charge in [0.1, 0.15) is 5.82 Å². The van der Waals surface area contributed by atoms with E-state index in [1.165, 1.54) is 6.20 Å². The van der Waals surface area contributed by atoms with Crippen molar-refractivity contribution in [3.05, 3.63) is 70.6 Å². The van der Waals surface area contributed by atoms with Crippen LogP contribution in [-0.4, -0.2) is 4.98 Å². The maximum Gasteiger partial charge on any atom is 0.159 e. The van der Waals surface area contributed by atoms with Gasteiger partial charge in [-0.3, -0.25) is 4.98 Å². The molecule has 18 heavy (non-hydrogen) atoms. The largest absolute Gasteiger partial charge is 0.264 e. The second kappa shape index (κ2) is 5.44. The summed E-state index contributed by atoms with van der Waals surface area (Å²) in [6.45, 7) is 0. The van der Waals surface area contributed by atoms with E-state index >= 15 is 0 Å². The van der Waals surface area contributed by atoms with Crippen LogP contribution >= 0.6 is 0 Å². The van der Waals surface area contributed by atoms with E-state index in [4.69, 9.17) is 0 Å². The Labute approximate surface area is 102 Å². The number of alkyl halides is 1. The topological polar surface area (TPSA) is 42.3 Å². The summed E-state index contributed by atoms with van der Waals surface area (Å²) in [7, 11) is 0. The molecule has 1 aromatic heterocycles. The first-order chi connectivity index (χ1) is 8.74. The molecule has 1 aromatic carbocycles. The van der Waals surface area contributed by atoms with Crippen molar-refractivity contribution < 1.29 is 8.78 Å². The lowest BCUT2D eigenvalue weighted by molar-refractivity contribution is 0.282. The quantitative estimate of drug-likeness (QED) is 0.773. The summed E-state index contributed by atoms with van der Waals surface area (Å²) in [5, 5.41) is 2.76. The molecule has 2 aromatic rings. The number of pyridine rings is 1. The van der Waals surface area contributed by atoms with Gasteiger partial charge >= 0.3 is 0 Å². The maximum atomic E-state index is 14.2. The van der Waals surface area contributed by atoms with E-state index in [0.717, 1.165) is 12.3 Å². The van der Waals surface area contributed by atoms with E-state index in [-0.39, 0.29) is 5.56 Å². The van der Waals surface area contributed by atoms with Crippen LogP contribution in [-0.2, 0) is 0 Å². The van der Waals surface area contributed by atoms with E-state index in [1.807, 2.05) is 0 Å². The minimum atomic E-state index is -1.85. The number of benzene rings is 1. The number of hydrogen-bond acceptors (Lipinski definition) is 3. The van der Waals surface area contributed by atoms with Gasteiger partial charge < -0.3 is 0 Å². The molecular formula is C13H10F2N2O. The van der Waals surface area contributed by atoms with Gasteiger partial charge in [-0.15, -0.1) is 0 Å². The summed E-state index contributed by atoms with van der Waals surface area (Å²) in [4.78, 5) is 14.5. The molecule has 5 heteroatoms. The molecule has 2 atom stereocenters. The fourth-order valence-corrected chi connectivity index (χ4v) is 1.70. The molecule has 0 aliphatic carbocycles. The van der Waals surface area contributed by atoms with Crippen molar-refractivity contribution in [1.82, 2.24) is 4.98 Å². The smallest absolute Gasteiger partial charge is 0.159 e. The minimum absolute atomic E-state index is 0.258. The van der Waals surface area contributed by atoms with Crippen LogP contribution in [0.3, 0.4) is 0 Å². The van der Waals surface area contributed by atoms with Crippen molar-refractivity contribution in [2.45, 2.75) is 12.2 Å². The molecule has 0 saturated carbocycles. The fourth-order valence-electron chi connectivity index (χ4n) is 1.70. The maximum absolute atomic E-state index is 14.2. The van der Waals surface area contributed by atoms with Crippen molar-refractivity contribution in [2.75, 3.05) is 0 Å². The summed E-state index contributed by atoms with van der Waals surface area (Å²) in [5.74, 6) is -0.734. The molecule has 1 heterocycles. The average Bonchev–Trinajstić information content (AvgIpc) is 2.41. The first kappa shape index (κ1) is 12.3. The SMILES string of the molecule is O=NC(c1ccccc1)C(F)c1cnccc1F. The van der Waals surface area contributed by atoms with Crippen LogP contribution < -0.4 is 0 Å². The third kappa shape index (κ3) is 2.40. The van der Waals surface area contributed by atoms with E-state index in [0.29, 0.717) is 5.56 Å². The predicted octanol–water partition coefficient (Wildman–Crippen LogP) is 3.74. The Morgan fingerprint density at radius 1 is 1.17 bits per heavy atom. The molecule has 3 nitrogen and oxygen atoms in total. The number of rotatable bonds is 4. The van der Waals surface area contributed by atoms with Crippen LogP contribution in [0.1, 0.15) is 23.3 Å². The van der Waals surface area contributed by atoms with E-state index in [9.17, 15) is 13.7 Å². The average molecular weight is 248 g/mol. The second-order valence-corrected chi connectivity index (χ2v) is 3.76. The molecule has 0 aliphatic heterocycles. The lowest BCUT2D eigenvalue weighted by Gasteiger charge is -2.15.